The first kappa shape index (κ1) is 22.1. The number of ether oxygens (including phenoxy) is 3. The van der Waals surface area contributed by atoms with Crippen LogP contribution in [0.25, 0.3) is 22.0 Å². The summed E-state index contributed by atoms with van der Waals surface area (Å²) in [5.41, 5.74) is 3.91. The smallest absolute Gasteiger partial charge is 0.192 e. The number of nitrogens with zero attached hydrogens (tertiary/aromatic N) is 2. The number of hydrogen-bond acceptors (Lipinski definition) is 6. The van der Waals surface area contributed by atoms with Gasteiger partial charge in [0, 0.05) is 53.7 Å². The van der Waals surface area contributed by atoms with Gasteiger partial charge in [-0.05, 0) is 55.5 Å². The first-order valence-electron chi connectivity index (χ1n) is 11.5. The molecule has 1 N–H and O–H groups in total. The van der Waals surface area contributed by atoms with E-state index in [4.69, 9.17) is 14.2 Å². The number of pyridine rings is 1. The van der Waals surface area contributed by atoms with Crippen molar-refractivity contribution in [1.29, 1.82) is 0 Å². The minimum atomic E-state index is -0.0143. The third kappa shape index (κ3) is 4.94. The van der Waals surface area contributed by atoms with Gasteiger partial charge in [-0.1, -0.05) is 12.1 Å². The molecule has 34 heavy (non-hydrogen) atoms. The van der Waals surface area contributed by atoms with Crippen LogP contribution in [0.5, 0.6) is 11.5 Å². The average molecular weight is 458 g/mol. The highest BCUT2D eigenvalue weighted by Gasteiger charge is 2.15. The van der Waals surface area contributed by atoms with Crippen LogP contribution in [-0.4, -0.2) is 34.8 Å². The average Bonchev–Trinajstić information content (AvgIpc) is 2.90. The summed E-state index contributed by atoms with van der Waals surface area (Å²) in [6, 6.07) is 13.4. The standard InChI is InChI=1S/C27H27N3O4/c1-18-26(16-34-23-4-2-3-22(12-23)33-15-19-7-9-32-10-8-19)30-25-6-5-20(11-24(25)27(18)31)21-13-28-17-29-14-21/h2-6,11-14,17,19H,7-10,15-16H2,1H3,(H,30,31). The monoisotopic (exact) mass is 457 g/mol. The van der Waals surface area contributed by atoms with Crippen molar-refractivity contribution in [3.05, 3.63) is 82.7 Å². The van der Waals surface area contributed by atoms with E-state index in [1.54, 1.807) is 12.4 Å². The van der Waals surface area contributed by atoms with Crippen molar-refractivity contribution in [2.75, 3.05) is 19.8 Å². The van der Waals surface area contributed by atoms with Crippen LogP contribution in [0.2, 0.25) is 0 Å². The Kier molecular flexibility index (Phi) is 6.53. The maximum Gasteiger partial charge on any atom is 0.192 e. The third-order valence-corrected chi connectivity index (χ3v) is 6.25. The molecule has 0 aliphatic carbocycles. The highest BCUT2D eigenvalue weighted by atomic mass is 16.5. The zero-order chi connectivity index (χ0) is 23.3. The van der Waals surface area contributed by atoms with Gasteiger partial charge < -0.3 is 19.2 Å². The maximum atomic E-state index is 13.1. The molecule has 1 fully saturated rings. The van der Waals surface area contributed by atoms with E-state index in [1.165, 1.54) is 6.33 Å². The molecule has 0 bridgehead atoms. The lowest BCUT2D eigenvalue weighted by Gasteiger charge is -2.22. The molecule has 3 heterocycles. The second kappa shape index (κ2) is 10.1. The van der Waals surface area contributed by atoms with Gasteiger partial charge in [0.05, 0.1) is 12.3 Å². The maximum absolute atomic E-state index is 13.1. The molecule has 5 rings (SSSR count). The van der Waals surface area contributed by atoms with E-state index < -0.39 is 0 Å². The molecule has 0 spiro atoms. The molecule has 1 aliphatic rings. The van der Waals surface area contributed by atoms with E-state index in [2.05, 4.69) is 15.0 Å². The number of benzene rings is 2. The van der Waals surface area contributed by atoms with E-state index >= 15 is 0 Å². The molecule has 0 amide bonds. The summed E-state index contributed by atoms with van der Waals surface area (Å²) in [5.74, 6) is 2.01. The van der Waals surface area contributed by atoms with Gasteiger partial charge in [0.2, 0.25) is 0 Å². The number of aromatic nitrogens is 3. The van der Waals surface area contributed by atoms with Gasteiger partial charge in [-0.15, -0.1) is 0 Å². The van der Waals surface area contributed by atoms with Crippen molar-refractivity contribution >= 4 is 10.9 Å². The number of rotatable bonds is 7. The second-order valence-electron chi connectivity index (χ2n) is 8.58. The van der Waals surface area contributed by atoms with Crippen LogP contribution in [0.15, 0.2) is 66.0 Å². The fourth-order valence-electron chi connectivity index (χ4n) is 4.14. The summed E-state index contributed by atoms with van der Waals surface area (Å²) >= 11 is 0. The van der Waals surface area contributed by atoms with Crippen molar-refractivity contribution < 1.29 is 14.2 Å². The fraction of sp³-hybridized carbons (Fsp3) is 0.296. The Morgan fingerprint density at radius 2 is 1.76 bits per heavy atom. The van der Waals surface area contributed by atoms with Crippen molar-refractivity contribution in [3.63, 3.8) is 0 Å². The second-order valence-corrected chi connectivity index (χ2v) is 8.58. The van der Waals surface area contributed by atoms with E-state index in [9.17, 15) is 4.79 Å². The molecule has 174 valence electrons. The molecule has 0 atom stereocenters. The minimum Gasteiger partial charge on any atom is -0.493 e. The van der Waals surface area contributed by atoms with Gasteiger partial charge in [-0.3, -0.25) is 4.79 Å². The summed E-state index contributed by atoms with van der Waals surface area (Å²) in [7, 11) is 0. The SMILES string of the molecule is Cc1c(COc2cccc(OCC3CCOCC3)c2)[nH]c2ccc(-c3cncnc3)cc2c1=O. The summed E-state index contributed by atoms with van der Waals surface area (Å²) in [5, 5.41) is 0.631. The molecular formula is C27H27N3O4. The van der Waals surface area contributed by atoms with Crippen LogP contribution in [-0.2, 0) is 11.3 Å². The lowest BCUT2D eigenvalue weighted by molar-refractivity contribution is 0.0497. The predicted octanol–water partition coefficient (Wildman–Crippen LogP) is 4.68. The lowest BCUT2D eigenvalue weighted by Crippen LogP contribution is -2.21. The van der Waals surface area contributed by atoms with E-state index in [0.717, 1.165) is 54.1 Å². The van der Waals surface area contributed by atoms with Gasteiger partial charge in [0.1, 0.15) is 24.4 Å². The minimum absolute atomic E-state index is 0.0143. The normalized spacial score (nSPS) is 14.3. The molecule has 0 saturated carbocycles. The van der Waals surface area contributed by atoms with E-state index in [1.807, 2.05) is 49.4 Å². The van der Waals surface area contributed by atoms with Crippen molar-refractivity contribution in [2.24, 2.45) is 5.92 Å². The number of H-pyrrole nitrogens is 1. The zero-order valence-corrected chi connectivity index (χ0v) is 19.1. The predicted molar refractivity (Wildman–Crippen MR) is 130 cm³/mol. The van der Waals surface area contributed by atoms with Crippen molar-refractivity contribution in [3.8, 4) is 22.6 Å². The quantitative estimate of drug-likeness (QED) is 0.434. The van der Waals surface area contributed by atoms with Gasteiger partial charge in [-0.2, -0.15) is 0 Å². The van der Waals surface area contributed by atoms with E-state index in [0.29, 0.717) is 29.2 Å². The molecule has 1 aliphatic heterocycles. The van der Waals surface area contributed by atoms with Crippen LogP contribution < -0.4 is 14.9 Å². The fourth-order valence-corrected chi connectivity index (χ4v) is 4.14. The summed E-state index contributed by atoms with van der Waals surface area (Å²) in [4.78, 5) is 24.6. The molecule has 2 aromatic carbocycles. The highest BCUT2D eigenvalue weighted by molar-refractivity contribution is 5.84. The van der Waals surface area contributed by atoms with Crippen LogP contribution in [0.4, 0.5) is 0 Å². The van der Waals surface area contributed by atoms with Gasteiger partial charge in [-0.25, -0.2) is 9.97 Å². The van der Waals surface area contributed by atoms with Crippen LogP contribution in [0.3, 0.4) is 0 Å². The lowest BCUT2D eigenvalue weighted by atomic mass is 10.0. The Balaban J connectivity index is 1.30. The number of hydrogen-bond donors (Lipinski definition) is 1. The van der Waals surface area contributed by atoms with Crippen LogP contribution in [0.1, 0.15) is 24.1 Å². The molecule has 0 unspecified atom stereocenters. The molecule has 7 heteroatoms. The van der Waals surface area contributed by atoms with Crippen molar-refractivity contribution in [1.82, 2.24) is 15.0 Å². The number of fused-ring (bicyclic) bond motifs is 1. The van der Waals surface area contributed by atoms with Crippen LogP contribution >= 0.6 is 0 Å². The molecule has 4 aromatic rings. The first-order chi connectivity index (χ1) is 16.7. The van der Waals surface area contributed by atoms with Crippen LogP contribution in [0, 0.1) is 12.8 Å². The molecule has 7 nitrogen and oxygen atoms in total. The molecule has 0 radical (unpaired) electrons. The summed E-state index contributed by atoms with van der Waals surface area (Å²) in [6.07, 6.45) is 7.02. The highest BCUT2D eigenvalue weighted by Crippen LogP contribution is 2.24. The van der Waals surface area contributed by atoms with E-state index in [-0.39, 0.29) is 12.0 Å². The summed E-state index contributed by atoms with van der Waals surface area (Å²) < 4.78 is 17.4. The Morgan fingerprint density at radius 1 is 1.00 bits per heavy atom. The largest absolute Gasteiger partial charge is 0.493 e. The van der Waals surface area contributed by atoms with Gasteiger partial charge in [0.15, 0.2) is 5.43 Å². The molecular weight excluding hydrogens is 430 g/mol. The number of aromatic amines is 1. The van der Waals surface area contributed by atoms with Gasteiger partial charge in [0.25, 0.3) is 0 Å². The first-order valence-corrected chi connectivity index (χ1v) is 11.5. The Hall–Kier alpha value is -3.71. The Labute approximate surface area is 197 Å². The zero-order valence-electron chi connectivity index (χ0n) is 19.1. The van der Waals surface area contributed by atoms with Gasteiger partial charge >= 0.3 is 0 Å². The third-order valence-electron chi connectivity index (χ3n) is 6.25. The topological polar surface area (TPSA) is 86.3 Å². The Morgan fingerprint density at radius 3 is 2.56 bits per heavy atom. The number of nitrogens with one attached hydrogen (secondary N) is 1. The van der Waals surface area contributed by atoms with Crippen molar-refractivity contribution in [2.45, 2.75) is 26.4 Å². The molecule has 1 saturated heterocycles. The molecule has 2 aromatic heterocycles. The summed E-state index contributed by atoms with van der Waals surface area (Å²) in [6.45, 7) is 4.38. The Bertz CT molecular complexity index is 1330.